The van der Waals surface area contributed by atoms with Crippen LogP contribution in [0.1, 0.15) is 41.6 Å². The molecule has 0 bridgehead atoms. The summed E-state index contributed by atoms with van der Waals surface area (Å²) in [4.78, 5) is 9.90. The molecule has 5 heteroatoms. The molecule has 2 aromatic heterocycles. The van der Waals surface area contributed by atoms with Gasteiger partial charge in [-0.2, -0.15) is 5.26 Å². The summed E-state index contributed by atoms with van der Waals surface area (Å²) < 4.78 is 0. The first kappa shape index (κ1) is 17.6. The Kier molecular flexibility index (Phi) is 5.47. The maximum absolute atomic E-state index is 9.18. The van der Waals surface area contributed by atoms with Gasteiger partial charge in [0, 0.05) is 17.7 Å². The van der Waals surface area contributed by atoms with Crippen molar-refractivity contribution in [1.29, 1.82) is 5.26 Å². The van der Waals surface area contributed by atoms with Gasteiger partial charge in [-0.15, -0.1) is 11.3 Å². The summed E-state index contributed by atoms with van der Waals surface area (Å²) in [6.45, 7) is 4.01. The average molecular weight is 368 g/mol. The van der Waals surface area contributed by atoms with Crippen LogP contribution in [-0.4, -0.2) is 9.97 Å². The number of nitriles is 1. The van der Waals surface area contributed by atoms with E-state index in [9.17, 15) is 5.26 Å². The molecule has 0 radical (unpaired) electrons. The third-order valence-electron chi connectivity index (χ3n) is 4.02. The molecule has 126 valence electrons. The lowest BCUT2D eigenvalue weighted by Gasteiger charge is -2.11. The first-order valence-electron chi connectivity index (χ1n) is 8.21. The molecule has 0 atom stereocenters. The quantitative estimate of drug-likeness (QED) is 0.553. The van der Waals surface area contributed by atoms with Crippen LogP contribution in [0.4, 0.5) is 0 Å². The van der Waals surface area contributed by atoms with Crippen molar-refractivity contribution in [2.75, 3.05) is 0 Å². The molecule has 0 spiro atoms. The lowest BCUT2D eigenvalue weighted by atomic mass is 10.0. The molecular formula is C20H18ClN3S. The Morgan fingerprint density at radius 2 is 1.92 bits per heavy atom. The van der Waals surface area contributed by atoms with E-state index in [1.807, 2.05) is 18.4 Å². The van der Waals surface area contributed by atoms with Crippen LogP contribution in [0, 0.1) is 18.3 Å². The zero-order valence-corrected chi connectivity index (χ0v) is 15.8. The zero-order chi connectivity index (χ0) is 17.8. The van der Waals surface area contributed by atoms with Crippen molar-refractivity contribution in [3.8, 4) is 16.5 Å². The molecule has 0 aliphatic rings. The van der Waals surface area contributed by atoms with E-state index >= 15 is 0 Å². The summed E-state index contributed by atoms with van der Waals surface area (Å²) in [6, 6.07) is 12.4. The minimum Gasteiger partial charge on any atom is -0.238 e. The smallest absolute Gasteiger partial charge is 0.136 e. The first-order chi connectivity index (χ1) is 12.1. The van der Waals surface area contributed by atoms with Gasteiger partial charge in [0.1, 0.15) is 17.0 Å². The van der Waals surface area contributed by atoms with Crippen LogP contribution in [0.5, 0.6) is 0 Å². The number of aromatic nitrogens is 2. The van der Waals surface area contributed by atoms with Crippen molar-refractivity contribution in [1.82, 2.24) is 9.97 Å². The van der Waals surface area contributed by atoms with E-state index in [0.717, 1.165) is 45.7 Å². The second-order valence-corrected chi connectivity index (χ2v) is 7.16. The Hall–Kier alpha value is -2.22. The number of nitrogens with zero attached hydrogens (tertiary/aromatic N) is 3. The molecule has 0 aliphatic heterocycles. The summed E-state index contributed by atoms with van der Waals surface area (Å²) >= 11 is 7.97. The van der Waals surface area contributed by atoms with Crippen LogP contribution < -0.4 is 0 Å². The minimum atomic E-state index is 0.546. The molecular weight excluding hydrogens is 350 g/mol. The number of rotatable bonds is 5. The number of aryl methyl sites for hydroxylation is 2. The molecule has 1 aromatic carbocycles. The SMILES string of the molecule is CCCc1nc(C)nc(Cl)c1Cc1ccc(-c2sccc2C#N)cc1. The van der Waals surface area contributed by atoms with Crippen LogP contribution in [0.25, 0.3) is 10.4 Å². The second kappa shape index (κ2) is 7.77. The predicted octanol–water partition coefficient (Wildman–Crippen LogP) is 5.58. The van der Waals surface area contributed by atoms with Gasteiger partial charge < -0.3 is 0 Å². The maximum atomic E-state index is 9.18. The van der Waals surface area contributed by atoms with E-state index in [-0.39, 0.29) is 0 Å². The van der Waals surface area contributed by atoms with Crippen molar-refractivity contribution >= 4 is 22.9 Å². The van der Waals surface area contributed by atoms with Crippen molar-refractivity contribution < 1.29 is 0 Å². The highest BCUT2D eigenvalue weighted by atomic mass is 35.5. The molecule has 0 aliphatic carbocycles. The second-order valence-electron chi connectivity index (χ2n) is 5.89. The topological polar surface area (TPSA) is 49.6 Å². The highest BCUT2D eigenvalue weighted by molar-refractivity contribution is 7.13. The third kappa shape index (κ3) is 3.89. The van der Waals surface area contributed by atoms with Gasteiger partial charge in [-0.25, -0.2) is 9.97 Å². The van der Waals surface area contributed by atoms with E-state index < -0.39 is 0 Å². The van der Waals surface area contributed by atoms with Gasteiger partial charge in [0.2, 0.25) is 0 Å². The van der Waals surface area contributed by atoms with E-state index in [2.05, 4.69) is 47.2 Å². The fraction of sp³-hybridized carbons (Fsp3) is 0.250. The Balaban J connectivity index is 1.89. The standard InChI is InChI=1S/C20H18ClN3S/c1-3-4-18-17(20(21)24-13(2)23-18)11-14-5-7-15(8-6-14)19-16(12-22)9-10-25-19/h5-10H,3-4,11H2,1-2H3. The molecule has 25 heavy (non-hydrogen) atoms. The van der Waals surface area contributed by atoms with Crippen LogP contribution >= 0.6 is 22.9 Å². The van der Waals surface area contributed by atoms with Gasteiger partial charge >= 0.3 is 0 Å². The normalized spacial score (nSPS) is 10.6. The van der Waals surface area contributed by atoms with Gasteiger partial charge in [-0.3, -0.25) is 0 Å². The Morgan fingerprint density at radius 3 is 2.60 bits per heavy atom. The summed E-state index contributed by atoms with van der Waals surface area (Å²) in [7, 11) is 0. The van der Waals surface area contributed by atoms with Crippen LogP contribution in [-0.2, 0) is 12.8 Å². The van der Waals surface area contributed by atoms with E-state index in [1.165, 1.54) is 0 Å². The van der Waals surface area contributed by atoms with Crippen molar-refractivity contribution in [2.45, 2.75) is 33.1 Å². The van der Waals surface area contributed by atoms with Crippen LogP contribution in [0.2, 0.25) is 5.15 Å². The van der Waals surface area contributed by atoms with Crippen molar-refractivity contribution in [2.24, 2.45) is 0 Å². The van der Waals surface area contributed by atoms with Gasteiger partial charge in [0.05, 0.1) is 10.4 Å². The van der Waals surface area contributed by atoms with Crippen LogP contribution in [0.15, 0.2) is 35.7 Å². The van der Waals surface area contributed by atoms with Gasteiger partial charge in [0.15, 0.2) is 0 Å². The Morgan fingerprint density at radius 1 is 1.16 bits per heavy atom. The Bertz CT molecular complexity index is 923. The number of thiophene rings is 1. The van der Waals surface area contributed by atoms with Crippen molar-refractivity contribution in [3.05, 3.63) is 69.1 Å². The molecule has 0 saturated carbocycles. The van der Waals surface area contributed by atoms with Gasteiger partial charge in [-0.1, -0.05) is 49.2 Å². The lowest BCUT2D eigenvalue weighted by molar-refractivity contribution is 0.832. The summed E-state index contributed by atoms with van der Waals surface area (Å²) in [5.41, 5.74) is 4.99. The molecule has 0 fully saturated rings. The number of benzene rings is 1. The van der Waals surface area contributed by atoms with Gasteiger partial charge in [-0.05, 0) is 35.9 Å². The molecule has 2 heterocycles. The Labute approximate surface area is 157 Å². The fourth-order valence-corrected chi connectivity index (χ4v) is 3.99. The van der Waals surface area contributed by atoms with E-state index in [1.54, 1.807) is 11.3 Å². The zero-order valence-electron chi connectivity index (χ0n) is 14.2. The molecule has 3 rings (SSSR count). The molecule has 3 nitrogen and oxygen atoms in total. The molecule has 0 unspecified atom stereocenters. The number of halogens is 1. The maximum Gasteiger partial charge on any atom is 0.136 e. The fourth-order valence-electron chi connectivity index (χ4n) is 2.83. The molecule has 0 saturated heterocycles. The number of hydrogen-bond acceptors (Lipinski definition) is 4. The molecule has 0 N–H and O–H groups in total. The highest BCUT2D eigenvalue weighted by Crippen LogP contribution is 2.30. The monoisotopic (exact) mass is 367 g/mol. The number of hydrogen-bond donors (Lipinski definition) is 0. The van der Waals surface area contributed by atoms with Crippen molar-refractivity contribution in [3.63, 3.8) is 0 Å². The summed E-state index contributed by atoms with van der Waals surface area (Å²) in [5, 5.41) is 11.7. The van der Waals surface area contributed by atoms with E-state index in [4.69, 9.17) is 11.6 Å². The minimum absolute atomic E-state index is 0.546. The summed E-state index contributed by atoms with van der Waals surface area (Å²) in [5.74, 6) is 0.717. The predicted molar refractivity (Wildman–Crippen MR) is 103 cm³/mol. The van der Waals surface area contributed by atoms with E-state index in [0.29, 0.717) is 17.4 Å². The molecule has 0 amide bonds. The van der Waals surface area contributed by atoms with Gasteiger partial charge in [0.25, 0.3) is 0 Å². The first-order valence-corrected chi connectivity index (χ1v) is 9.47. The average Bonchev–Trinajstić information content (AvgIpc) is 3.07. The summed E-state index contributed by atoms with van der Waals surface area (Å²) in [6.07, 6.45) is 2.63. The van der Waals surface area contributed by atoms with Crippen LogP contribution in [0.3, 0.4) is 0 Å². The third-order valence-corrected chi connectivity index (χ3v) is 5.30. The molecule has 3 aromatic rings. The largest absolute Gasteiger partial charge is 0.238 e. The lowest BCUT2D eigenvalue weighted by Crippen LogP contribution is -2.04. The highest BCUT2D eigenvalue weighted by Gasteiger charge is 2.13.